The summed E-state index contributed by atoms with van der Waals surface area (Å²) in [6, 6.07) is 16.9. The largest absolute Gasteiger partial charge is 0.486 e. The Morgan fingerprint density at radius 3 is 2.71 bits per heavy atom. The van der Waals surface area contributed by atoms with E-state index in [0.717, 1.165) is 5.56 Å². The molecule has 0 aliphatic carbocycles. The van der Waals surface area contributed by atoms with Crippen molar-refractivity contribution in [2.75, 3.05) is 0 Å². The summed E-state index contributed by atoms with van der Waals surface area (Å²) in [5, 5.41) is 18.1. The van der Waals surface area contributed by atoms with Crippen LogP contribution in [-0.2, 0) is 6.61 Å². The quantitative estimate of drug-likeness (QED) is 0.705. The second-order valence-corrected chi connectivity index (χ2v) is 5.75. The highest BCUT2D eigenvalue weighted by Gasteiger charge is 2.11. The lowest BCUT2D eigenvalue weighted by molar-refractivity contribution is 0.300. The van der Waals surface area contributed by atoms with E-state index in [0.29, 0.717) is 22.0 Å². The number of hydrogen-bond donors (Lipinski definition) is 0. The Hall–Kier alpha value is -2.84. The molecule has 0 N–H and O–H groups in total. The number of nitriles is 1. The molecule has 0 aliphatic heterocycles. The van der Waals surface area contributed by atoms with E-state index >= 15 is 0 Å². The summed E-state index contributed by atoms with van der Waals surface area (Å²) in [5.41, 5.74) is 2.29. The molecule has 6 heteroatoms. The monoisotopic (exact) mass is 338 g/mol. The van der Waals surface area contributed by atoms with Crippen LogP contribution < -0.4 is 4.74 Å². The van der Waals surface area contributed by atoms with Gasteiger partial charge in [0.25, 0.3) is 0 Å². The maximum absolute atomic E-state index is 9.07. The molecule has 3 rings (SSSR count). The van der Waals surface area contributed by atoms with E-state index in [-0.39, 0.29) is 12.6 Å². The lowest BCUT2D eigenvalue weighted by atomic mass is 10.1. The summed E-state index contributed by atoms with van der Waals surface area (Å²) in [7, 11) is 0. The molecule has 0 unspecified atom stereocenters. The minimum atomic E-state index is 0.0370. The first-order chi connectivity index (χ1) is 11.7. The summed E-state index contributed by atoms with van der Waals surface area (Å²) in [5.74, 6) is 0.542. The summed E-state index contributed by atoms with van der Waals surface area (Å²) in [6.07, 6.45) is 1.84. The van der Waals surface area contributed by atoms with Crippen LogP contribution in [0.25, 0.3) is 0 Å². The van der Waals surface area contributed by atoms with Crippen molar-refractivity contribution in [1.29, 1.82) is 5.26 Å². The molecule has 24 heavy (non-hydrogen) atoms. The van der Waals surface area contributed by atoms with E-state index in [4.69, 9.17) is 21.6 Å². The fourth-order valence-corrected chi connectivity index (χ4v) is 2.43. The molecule has 120 valence electrons. The summed E-state index contributed by atoms with van der Waals surface area (Å²) < 4.78 is 7.45. The van der Waals surface area contributed by atoms with Crippen molar-refractivity contribution < 1.29 is 4.74 Å². The van der Waals surface area contributed by atoms with Crippen LogP contribution in [0.4, 0.5) is 0 Å². The van der Waals surface area contributed by atoms with Crippen molar-refractivity contribution in [3.05, 3.63) is 76.6 Å². The molecule has 1 aromatic heterocycles. The Morgan fingerprint density at radius 1 is 1.21 bits per heavy atom. The first-order valence-electron chi connectivity index (χ1n) is 7.45. The molecular weight excluding hydrogens is 324 g/mol. The third-order valence-corrected chi connectivity index (χ3v) is 3.94. The van der Waals surface area contributed by atoms with Crippen LogP contribution in [0.1, 0.15) is 29.8 Å². The molecule has 2 aromatic carbocycles. The van der Waals surface area contributed by atoms with Crippen LogP contribution in [0.2, 0.25) is 5.02 Å². The minimum Gasteiger partial charge on any atom is -0.486 e. The van der Waals surface area contributed by atoms with Crippen LogP contribution in [0.15, 0.2) is 54.7 Å². The van der Waals surface area contributed by atoms with E-state index < -0.39 is 0 Å². The molecule has 5 nitrogen and oxygen atoms in total. The number of halogens is 1. The van der Waals surface area contributed by atoms with E-state index in [1.54, 1.807) is 22.9 Å². The topological polar surface area (TPSA) is 63.7 Å². The average Bonchev–Trinajstić information content (AvgIpc) is 3.09. The van der Waals surface area contributed by atoms with Gasteiger partial charge in [-0.3, -0.25) is 0 Å². The summed E-state index contributed by atoms with van der Waals surface area (Å²) in [6.45, 7) is 2.29. The number of benzene rings is 2. The molecule has 0 saturated carbocycles. The fraction of sp³-hybridized carbons (Fsp3) is 0.167. The van der Waals surface area contributed by atoms with Crippen LogP contribution in [-0.4, -0.2) is 15.0 Å². The highest BCUT2D eigenvalue weighted by atomic mass is 35.5. The van der Waals surface area contributed by atoms with Gasteiger partial charge < -0.3 is 4.74 Å². The van der Waals surface area contributed by atoms with Crippen molar-refractivity contribution in [2.24, 2.45) is 0 Å². The molecular formula is C18H15ClN4O. The molecule has 0 fully saturated rings. The van der Waals surface area contributed by atoms with Crippen LogP contribution in [0.3, 0.4) is 0 Å². The van der Waals surface area contributed by atoms with Gasteiger partial charge in [0.1, 0.15) is 24.1 Å². The first kappa shape index (κ1) is 16.0. The third kappa shape index (κ3) is 3.55. The van der Waals surface area contributed by atoms with E-state index in [9.17, 15) is 0 Å². The zero-order valence-electron chi connectivity index (χ0n) is 13.1. The summed E-state index contributed by atoms with van der Waals surface area (Å²) >= 11 is 5.92. The molecule has 3 aromatic rings. The zero-order valence-corrected chi connectivity index (χ0v) is 13.8. The molecule has 0 aliphatic rings. The normalized spacial score (nSPS) is 11.7. The van der Waals surface area contributed by atoms with Crippen LogP contribution in [0.5, 0.6) is 5.75 Å². The smallest absolute Gasteiger partial charge is 0.137 e. The van der Waals surface area contributed by atoms with Gasteiger partial charge in [-0.15, -0.1) is 5.10 Å². The second kappa shape index (κ2) is 7.16. The van der Waals surface area contributed by atoms with Gasteiger partial charge in [-0.25, -0.2) is 4.68 Å². The van der Waals surface area contributed by atoms with Crippen LogP contribution in [0, 0.1) is 11.3 Å². The number of hydrogen-bond acceptors (Lipinski definition) is 4. The van der Waals surface area contributed by atoms with Crippen molar-refractivity contribution in [3.8, 4) is 11.8 Å². The first-order valence-corrected chi connectivity index (χ1v) is 7.83. The molecule has 0 saturated heterocycles. The SMILES string of the molecule is C[C@@H](c1ccc(Cl)cc1)n1cc(COc2ccccc2C#N)nn1. The standard InChI is InChI=1S/C18H15ClN4O/c1-13(14-6-8-16(19)9-7-14)23-11-17(21-22-23)12-24-18-5-3-2-4-15(18)10-20/h2-9,11,13H,12H2,1H3/t13-/m0/s1. The molecule has 0 radical (unpaired) electrons. The molecule has 1 atom stereocenters. The predicted molar refractivity (Wildman–Crippen MR) is 90.8 cm³/mol. The average molecular weight is 339 g/mol. The second-order valence-electron chi connectivity index (χ2n) is 5.31. The van der Waals surface area contributed by atoms with Crippen molar-refractivity contribution in [3.63, 3.8) is 0 Å². The predicted octanol–water partition coefficient (Wildman–Crippen LogP) is 3.99. The molecule has 0 amide bonds. The number of para-hydroxylation sites is 1. The van der Waals surface area contributed by atoms with Crippen molar-refractivity contribution in [2.45, 2.75) is 19.6 Å². The molecule has 0 spiro atoms. The highest BCUT2D eigenvalue weighted by molar-refractivity contribution is 6.30. The van der Waals surface area contributed by atoms with Gasteiger partial charge in [0.2, 0.25) is 0 Å². The number of rotatable bonds is 5. The van der Waals surface area contributed by atoms with Gasteiger partial charge in [0.05, 0.1) is 17.8 Å². The Morgan fingerprint density at radius 2 is 1.96 bits per heavy atom. The third-order valence-electron chi connectivity index (χ3n) is 3.69. The Bertz CT molecular complexity index is 867. The van der Waals surface area contributed by atoms with Gasteiger partial charge in [0.15, 0.2) is 0 Å². The number of ether oxygens (including phenoxy) is 1. The minimum absolute atomic E-state index is 0.0370. The Balaban J connectivity index is 1.69. The van der Waals surface area contributed by atoms with Gasteiger partial charge in [-0.1, -0.05) is 41.1 Å². The van der Waals surface area contributed by atoms with E-state index in [1.807, 2.05) is 43.5 Å². The maximum atomic E-state index is 9.07. The van der Waals surface area contributed by atoms with Gasteiger partial charge in [0, 0.05) is 5.02 Å². The maximum Gasteiger partial charge on any atom is 0.137 e. The van der Waals surface area contributed by atoms with Gasteiger partial charge >= 0.3 is 0 Å². The lowest BCUT2D eigenvalue weighted by Gasteiger charge is -2.11. The van der Waals surface area contributed by atoms with Crippen molar-refractivity contribution in [1.82, 2.24) is 15.0 Å². The molecule has 0 bridgehead atoms. The van der Waals surface area contributed by atoms with Crippen molar-refractivity contribution >= 4 is 11.6 Å². The van der Waals surface area contributed by atoms with E-state index in [2.05, 4.69) is 16.4 Å². The zero-order chi connectivity index (χ0) is 16.9. The Labute approximate surface area is 145 Å². The van der Waals surface area contributed by atoms with Crippen LogP contribution >= 0.6 is 11.6 Å². The van der Waals surface area contributed by atoms with Gasteiger partial charge in [-0.05, 0) is 36.8 Å². The molecule has 1 heterocycles. The van der Waals surface area contributed by atoms with Gasteiger partial charge in [-0.2, -0.15) is 5.26 Å². The number of aromatic nitrogens is 3. The number of nitrogens with zero attached hydrogens (tertiary/aromatic N) is 4. The Kier molecular flexibility index (Phi) is 4.78. The summed E-state index contributed by atoms with van der Waals surface area (Å²) in [4.78, 5) is 0. The van der Waals surface area contributed by atoms with E-state index in [1.165, 1.54) is 0 Å². The fourth-order valence-electron chi connectivity index (χ4n) is 2.30. The highest BCUT2D eigenvalue weighted by Crippen LogP contribution is 2.20. The lowest BCUT2D eigenvalue weighted by Crippen LogP contribution is -2.07.